The lowest BCUT2D eigenvalue weighted by Gasteiger charge is -2.12. The maximum atomic E-state index is 12.5. The van der Waals surface area contributed by atoms with Crippen LogP contribution >= 0.6 is 23.5 Å². The highest BCUT2D eigenvalue weighted by Gasteiger charge is 2.13. The number of nitrogens with one attached hydrogen (secondary N) is 1. The van der Waals surface area contributed by atoms with Gasteiger partial charge in [0.05, 0.1) is 13.5 Å². The standard InChI is InChI=1S/C19H18ClN3O2S/c1-11-4-3-5-16(20)14(11)10-18(24)23-12-8-15-13(17(9-12)26-21)6-7-22-19(15)25-2/h3-9H,10,21H2,1-2H3,(H,23,24). The van der Waals surface area contributed by atoms with Crippen LogP contribution in [0.4, 0.5) is 5.69 Å². The van der Waals surface area contributed by atoms with Gasteiger partial charge >= 0.3 is 0 Å². The van der Waals surface area contributed by atoms with Crippen LogP contribution in [0.3, 0.4) is 0 Å². The topological polar surface area (TPSA) is 77.2 Å². The van der Waals surface area contributed by atoms with Crippen molar-refractivity contribution in [2.75, 3.05) is 12.4 Å². The van der Waals surface area contributed by atoms with E-state index >= 15 is 0 Å². The number of hydrogen-bond donors (Lipinski definition) is 2. The molecule has 0 aliphatic heterocycles. The molecule has 26 heavy (non-hydrogen) atoms. The number of nitrogens with two attached hydrogens (primary N) is 1. The number of aryl methyl sites for hydroxylation is 1. The molecule has 0 fully saturated rings. The average molecular weight is 388 g/mol. The number of anilines is 1. The number of halogens is 1. The number of nitrogens with zero attached hydrogens (tertiary/aromatic N) is 1. The number of methoxy groups -OCH3 is 1. The van der Waals surface area contributed by atoms with Gasteiger partial charge in [-0.2, -0.15) is 0 Å². The smallest absolute Gasteiger partial charge is 0.228 e. The van der Waals surface area contributed by atoms with Crippen LogP contribution in [0.1, 0.15) is 11.1 Å². The highest BCUT2D eigenvalue weighted by molar-refractivity contribution is 7.97. The molecule has 3 aromatic rings. The van der Waals surface area contributed by atoms with Gasteiger partial charge in [-0.1, -0.05) is 23.7 Å². The summed E-state index contributed by atoms with van der Waals surface area (Å²) in [7, 11) is 1.56. The summed E-state index contributed by atoms with van der Waals surface area (Å²) in [5.41, 5.74) is 2.43. The molecule has 7 heteroatoms. The number of carbonyl (C=O) groups is 1. The average Bonchev–Trinajstić information content (AvgIpc) is 2.63. The highest BCUT2D eigenvalue weighted by atomic mass is 35.5. The van der Waals surface area contributed by atoms with Crippen molar-refractivity contribution < 1.29 is 9.53 Å². The number of carbonyl (C=O) groups excluding carboxylic acids is 1. The first-order chi connectivity index (χ1) is 12.5. The van der Waals surface area contributed by atoms with Gasteiger partial charge in [-0.3, -0.25) is 9.93 Å². The predicted molar refractivity (Wildman–Crippen MR) is 107 cm³/mol. The molecule has 5 nitrogen and oxygen atoms in total. The molecule has 0 saturated carbocycles. The minimum absolute atomic E-state index is 0.156. The molecule has 0 aliphatic rings. The van der Waals surface area contributed by atoms with Gasteiger partial charge in [0.15, 0.2) is 0 Å². The maximum absolute atomic E-state index is 12.5. The summed E-state index contributed by atoms with van der Waals surface area (Å²) >= 11 is 7.33. The second-order valence-electron chi connectivity index (χ2n) is 5.77. The summed E-state index contributed by atoms with van der Waals surface area (Å²) in [6, 6.07) is 11.1. The Bertz CT molecular complexity index is 958. The lowest BCUT2D eigenvalue weighted by molar-refractivity contribution is -0.115. The van der Waals surface area contributed by atoms with E-state index < -0.39 is 0 Å². The van der Waals surface area contributed by atoms with Crippen LogP contribution in [0.2, 0.25) is 5.02 Å². The maximum Gasteiger partial charge on any atom is 0.228 e. The van der Waals surface area contributed by atoms with E-state index in [0.717, 1.165) is 38.7 Å². The third-order valence-corrected chi connectivity index (χ3v) is 5.05. The van der Waals surface area contributed by atoms with Crippen molar-refractivity contribution in [1.82, 2.24) is 4.98 Å². The van der Waals surface area contributed by atoms with Crippen molar-refractivity contribution in [3.05, 3.63) is 58.7 Å². The quantitative estimate of drug-likeness (QED) is 0.636. The van der Waals surface area contributed by atoms with E-state index in [0.29, 0.717) is 16.6 Å². The van der Waals surface area contributed by atoms with Gasteiger partial charge in [0, 0.05) is 32.6 Å². The van der Waals surface area contributed by atoms with E-state index in [1.165, 1.54) is 0 Å². The van der Waals surface area contributed by atoms with Crippen molar-refractivity contribution in [2.24, 2.45) is 5.14 Å². The summed E-state index contributed by atoms with van der Waals surface area (Å²) in [5.74, 6) is 0.326. The van der Waals surface area contributed by atoms with Crippen molar-refractivity contribution in [3.63, 3.8) is 0 Å². The molecule has 0 atom stereocenters. The zero-order valence-electron chi connectivity index (χ0n) is 14.4. The SMILES string of the molecule is COc1nccc2c(SN)cc(NC(=O)Cc3c(C)cccc3Cl)cc12. The zero-order valence-corrected chi connectivity index (χ0v) is 15.9. The Balaban J connectivity index is 1.92. The Labute approximate surface area is 161 Å². The molecule has 1 aromatic heterocycles. The lowest BCUT2D eigenvalue weighted by Crippen LogP contribution is -2.15. The van der Waals surface area contributed by atoms with Crippen LogP contribution in [0.5, 0.6) is 5.88 Å². The van der Waals surface area contributed by atoms with E-state index in [9.17, 15) is 4.79 Å². The van der Waals surface area contributed by atoms with Gasteiger partial charge in [-0.05, 0) is 54.3 Å². The Kier molecular flexibility index (Phi) is 5.66. The van der Waals surface area contributed by atoms with Crippen LogP contribution in [0, 0.1) is 6.92 Å². The van der Waals surface area contributed by atoms with Gasteiger partial charge in [0.25, 0.3) is 0 Å². The van der Waals surface area contributed by atoms with Gasteiger partial charge in [0.2, 0.25) is 11.8 Å². The van der Waals surface area contributed by atoms with Crippen molar-refractivity contribution in [1.29, 1.82) is 0 Å². The fourth-order valence-electron chi connectivity index (χ4n) is 2.81. The van der Waals surface area contributed by atoms with Gasteiger partial charge in [0.1, 0.15) is 0 Å². The molecule has 3 N–H and O–H groups in total. The molecule has 0 spiro atoms. The second-order valence-corrected chi connectivity index (χ2v) is 6.85. The molecule has 1 heterocycles. The number of aromatic nitrogens is 1. The fraction of sp³-hybridized carbons (Fsp3) is 0.158. The van der Waals surface area contributed by atoms with Gasteiger partial charge < -0.3 is 10.1 Å². The van der Waals surface area contributed by atoms with Crippen LogP contribution in [0.15, 0.2) is 47.5 Å². The molecule has 0 unspecified atom stereocenters. The Hall–Kier alpha value is -2.28. The molecule has 2 aromatic carbocycles. The number of amides is 1. The van der Waals surface area contributed by atoms with Crippen LogP contribution in [-0.4, -0.2) is 18.0 Å². The molecular weight excluding hydrogens is 370 g/mol. The second kappa shape index (κ2) is 7.95. The first-order valence-corrected chi connectivity index (χ1v) is 9.16. The van der Waals surface area contributed by atoms with Gasteiger partial charge in [-0.25, -0.2) is 4.98 Å². The molecular formula is C19H18ClN3O2S. The Morgan fingerprint density at radius 3 is 2.81 bits per heavy atom. The highest BCUT2D eigenvalue weighted by Crippen LogP contribution is 2.33. The lowest BCUT2D eigenvalue weighted by atomic mass is 10.1. The molecule has 134 valence electrons. The van der Waals surface area contributed by atoms with Crippen molar-refractivity contribution >= 4 is 45.9 Å². The number of fused-ring (bicyclic) bond motifs is 1. The monoisotopic (exact) mass is 387 g/mol. The number of benzene rings is 2. The summed E-state index contributed by atoms with van der Waals surface area (Å²) in [6.45, 7) is 1.93. The normalized spacial score (nSPS) is 10.8. The first-order valence-electron chi connectivity index (χ1n) is 7.90. The molecule has 0 bridgehead atoms. The number of hydrogen-bond acceptors (Lipinski definition) is 5. The Morgan fingerprint density at radius 2 is 2.12 bits per heavy atom. The molecule has 1 amide bonds. The third kappa shape index (κ3) is 3.77. The summed E-state index contributed by atoms with van der Waals surface area (Å²) in [6.07, 6.45) is 1.86. The minimum Gasteiger partial charge on any atom is -0.481 e. The largest absolute Gasteiger partial charge is 0.481 e. The van der Waals surface area contributed by atoms with E-state index in [2.05, 4.69) is 10.3 Å². The van der Waals surface area contributed by atoms with Crippen LogP contribution in [0.25, 0.3) is 10.8 Å². The summed E-state index contributed by atoms with van der Waals surface area (Å²) in [5, 5.41) is 11.0. The van der Waals surface area contributed by atoms with E-state index in [1.54, 1.807) is 19.4 Å². The number of rotatable bonds is 5. The third-order valence-electron chi connectivity index (χ3n) is 4.10. The summed E-state index contributed by atoms with van der Waals surface area (Å²) in [4.78, 5) is 17.6. The molecule has 0 radical (unpaired) electrons. The minimum atomic E-state index is -0.156. The van der Waals surface area contributed by atoms with Crippen LogP contribution < -0.4 is 15.2 Å². The van der Waals surface area contributed by atoms with Crippen molar-refractivity contribution in [2.45, 2.75) is 18.2 Å². The molecule has 3 rings (SSSR count). The number of ether oxygens (including phenoxy) is 1. The van der Waals surface area contributed by atoms with E-state index in [-0.39, 0.29) is 12.3 Å². The van der Waals surface area contributed by atoms with Gasteiger partial charge in [-0.15, -0.1) is 0 Å². The van der Waals surface area contributed by atoms with Crippen molar-refractivity contribution in [3.8, 4) is 5.88 Å². The van der Waals surface area contributed by atoms with E-state index in [4.69, 9.17) is 21.5 Å². The molecule has 0 aliphatic carbocycles. The summed E-state index contributed by atoms with van der Waals surface area (Å²) < 4.78 is 5.32. The fourth-order valence-corrected chi connectivity index (χ4v) is 3.60. The van der Waals surface area contributed by atoms with Crippen LogP contribution in [-0.2, 0) is 11.2 Å². The van der Waals surface area contributed by atoms with E-state index in [1.807, 2.05) is 37.3 Å². The first kappa shape index (κ1) is 18.5. The molecule has 0 saturated heterocycles. The Morgan fingerprint density at radius 1 is 1.31 bits per heavy atom. The number of pyridine rings is 1. The predicted octanol–water partition coefficient (Wildman–Crippen LogP) is 4.35. The zero-order chi connectivity index (χ0) is 18.7.